The highest BCUT2D eigenvalue weighted by Crippen LogP contribution is 2.22. The molecule has 27 heavy (non-hydrogen) atoms. The Hall–Kier alpha value is -1.72. The average molecular weight is 409 g/mol. The third-order valence-corrected chi connectivity index (χ3v) is 4.60. The van der Waals surface area contributed by atoms with Gasteiger partial charge in [-0.1, -0.05) is 35.9 Å². The standard InChI is InChI=1S/C21H25ClN2O2.ClH/c1-21(2,11-15-12-23-20-9-4-3-8-19(15)20)24-13-17(25)14-26-18-7-5-6-16(22)10-18;/h3-10,12,17,23-25H,11,13-14H2,1-2H3;1H. The number of fused-ring (bicyclic) bond motifs is 1. The molecule has 1 heterocycles. The first-order chi connectivity index (χ1) is 12.4. The Kier molecular flexibility index (Phi) is 7.57. The van der Waals surface area contributed by atoms with Crippen LogP contribution < -0.4 is 10.1 Å². The van der Waals surface area contributed by atoms with E-state index in [0.29, 0.717) is 17.3 Å². The van der Waals surface area contributed by atoms with Crippen LogP contribution in [0.2, 0.25) is 5.02 Å². The number of H-pyrrole nitrogens is 1. The van der Waals surface area contributed by atoms with Crippen molar-refractivity contribution in [1.29, 1.82) is 0 Å². The van der Waals surface area contributed by atoms with E-state index in [9.17, 15) is 5.11 Å². The normalized spacial score (nSPS) is 12.6. The van der Waals surface area contributed by atoms with Crippen LogP contribution in [0, 0.1) is 0 Å². The maximum absolute atomic E-state index is 10.2. The Morgan fingerprint density at radius 1 is 1.19 bits per heavy atom. The summed E-state index contributed by atoms with van der Waals surface area (Å²) in [7, 11) is 0. The van der Waals surface area contributed by atoms with Crippen molar-refractivity contribution < 1.29 is 9.84 Å². The van der Waals surface area contributed by atoms with E-state index in [2.05, 4.69) is 48.5 Å². The van der Waals surface area contributed by atoms with E-state index in [1.807, 2.05) is 18.2 Å². The lowest BCUT2D eigenvalue weighted by atomic mass is 9.94. The van der Waals surface area contributed by atoms with Crippen molar-refractivity contribution in [3.63, 3.8) is 0 Å². The van der Waals surface area contributed by atoms with Gasteiger partial charge in [0.15, 0.2) is 0 Å². The number of hydrogen-bond donors (Lipinski definition) is 3. The molecule has 1 unspecified atom stereocenters. The lowest BCUT2D eigenvalue weighted by Crippen LogP contribution is -2.46. The number of nitrogens with one attached hydrogen (secondary N) is 2. The Balaban J connectivity index is 0.00000261. The molecule has 6 heteroatoms. The minimum atomic E-state index is -0.601. The first-order valence-electron chi connectivity index (χ1n) is 8.79. The quantitative estimate of drug-likeness (QED) is 0.510. The minimum absolute atomic E-state index is 0. The van der Waals surface area contributed by atoms with Gasteiger partial charge in [0.05, 0.1) is 0 Å². The van der Waals surface area contributed by atoms with E-state index in [-0.39, 0.29) is 24.6 Å². The maximum Gasteiger partial charge on any atom is 0.120 e. The van der Waals surface area contributed by atoms with E-state index < -0.39 is 6.10 Å². The summed E-state index contributed by atoms with van der Waals surface area (Å²) in [5.74, 6) is 0.662. The summed E-state index contributed by atoms with van der Waals surface area (Å²) in [6, 6.07) is 15.5. The Morgan fingerprint density at radius 2 is 1.96 bits per heavy atom. The number of para-hydroxylation sites is 1. The van der Waals surface area contributed by atoms with E-state index in [1.165, 1.54) is 10.9 Å². The summed E-state index contributed by atoms with van der Waals surface area (Å²) in [4.78, 5) is 3.31. The number of aliphatic hydroxyl groups excluding tert-OH is 1. The van der Waals surface area contributed by atoms with Gasteiger partial charge in [-0.05, 0) is 50.1 Å². The minimum Gasteiger partial charge on any atom is -0.491 e. The van der Waals surface area contributed by atoms with Gasteiger partial charge >= 0.3 is 0 Å². The van der Waals surface area contributed by atoms with Gasteiger partial charge in [0.1, 0.15) is 18.5 Å². The summed E-state index contributed by atoms with van der Waals surface area (Å²) in [5.41, 5.74) is 2.26. The highest BCUT2D eigenvalue weighted by atomic mass is 35.5. The molecule has 3 aromatic rings. The van der Waals surface area contributed by atoms with Crippen LogP contribution in [0.1, 0.15) is 19.4 Å². The fourth-order valence-electron chi connectivity index (χ4n) is 3.02. The molecule has 0 radical (unpaired) electrons. The van der Waals surface area contributed by atoms with Crippen LogP contribution in [0.25, 0.3) is 10.9 Å². The molecule has 0 saturated heterocycles. The van der Waals surface area contributed by atoms with Crippen LogP contribution in [0.5, 0.6) is 5.75 Å². The monoisotopic (exact) mass is 408 g/mol. The fourth-order valence-corrected chi connectivity index (χ4v) is 3.20. The molecule has 0 aliphatic rings. The van der Waals surface area contributed by atoms with Crippen LogP contribution in [-0.4, -0.2) is 34.9 Å². The van der Waals surface area contributed by atoms with Crippen molar-refractivity contribution in [3.05, 3.63) is 65.3 Å². The number of aromatic nitrogens is 1. The van der Waals surface area contributed by atoms with Gasteiger partial charge in [-0.2, -0.15) is 0 Å². The van der Waals surface area contributed by atoms with Crippen molar-refractivity contribution in [3.8, 4) is 5.75 Å². The molecule has 0 saturated carbocycles. The third-order valence-electron chi connectivity index (χ3n) is 4.36. The molecule has 1 aromatic heterocycles. The zero-order chi connectivity index (χ0) is 18.6. The Morgan fingerprint density at radius 3 is 2.74 bits per heavy atom. The average Bonchev–Trinajstić information content (AvgIpc) is 3.01. The van der Waals surface area contributed by atoms with Crippen molar-refractivity contribution >= 4 is 34.9 Å². The number of rotatable bonds is 8. The van der Waals surface area contributed by atoms with Gasteiger partial charge in [0, 0.05) is 34.2 Å². The van der Waals surface area contributed by atoms with Crippen LogP contribution in [-0.2, 0) is 6.42 Å². The van der Waals surface area contributed by atoms with Gasteiger partial charge in [0.2, 0.25) is 0 Å². The van der Waals surface area contributed by atoms with E-state index in [4.69, 9.17) is 16.3 Å². The number of aliphatic hydroxyl groups is 1. The highest BCUT2D eigenvalue weighted by Gasteiger charge is 2.21. The maximum atomic E-state index is 10.2. The molecule has 146 valence electrons. The second-order valence-electron chi connectivity index (χ2n) is 7.22. The van der Waals surface area contributed by atoms with Crippen molar-refractivity contribution in [2.75, 3.05) is 13.2 Å². The topological polar surface area (TPSA) is 57.3 Å². The summed E-state index contributed by atoms with van der Waals surface area (Å²) in [5, 5.41) is 15.5. The summed E-state index contributed by atoms with van der Waals surface area (Å²) in [6.45, 7) is 4.95. The van der Waals surface area contributed by atoms with Crippen LogP contribution in [0.4, 0.5) is 0 Å². The summed E-state index contributed by atoms with van der Waals surface area (Å²) >= 11 is 5.93. The molecule has 0 aliphatic carbocycles. The van der Waals surface area contributed by atoms with Crippen LogP contribution in [0.3, 0.4) is 0 Å². The summed E-state index contributed by atoms with van der Waals surface area (Å²) in [6.07, 6.45) is 2.32. The molecule has 2 aromatic carbocycles. The van der Waals surface area contributed by atoms with Crippen molar-refractivity contribution in [2.45, 2.75) is 31.9 Å². The number of ether oxygens (including phenoxy) is 1. The molecular formula is C21H26Cl2N2O2. The molecule has 0 aliphatic heterocycles. The second-order valence-corrected chi connectivity index (χ2v) is 7.66. The van der Waals surface area contributed by atoms with E-state index >= 15 is 0 Å². The van der Waals surface area contributed by atoms with Gasteiger partial charge in [-0.3, -0.25) is 0 Å². The Bertz CT molecular complexity index is 864. The molecule has 3 rings (SSSR count). The van der Waals surface area contributed by atoms with Crippen LogP contribution in [0.15, 0.2) is 54.7 Å². The number of halogens is 2. The molecule has 3 N–H and O–H groups in total. The van der Waals surface area contributed by atoms with E-state index in [1.54, 1.807) is 12.1 Å². The number of aromatic amines is 1. The Labute approximate surface area is 171 Å². The molecule has 0 fully saturated rings. The predicted octanol–water partition coefficient (Wildman–Crippen LogP) is 4.59. The number of benzene rings is 2. The molecule has 0 spiro atoms. The zero-order valence-corrected chi connectivity index (χ0v) is 17.1. The molecule has 4 nitrogen and oxygen atoms in total. The van der Waals surface area contributed by atoms with Gasteiger partial charge < -0.3 is 20.1 Å². The van der Waals surface area contributed by atoms with Gasteiger partial charge in [-0.15, -0.1) is 12.4 Å². The lowest BCUT2D eigenvalue weighted by Gasteiger charge is -2.28. The molecule has 0 bridgehead atoms. The van der Waals surface area contributed by atoms with Crippen molar-refractivity contribution in [2.24, 2.45) is 0 Å². The first-order valence-corrected chi connectivity index (χ1v) is 9.17. The zero-order valence-electron chi connectivity index (χ0n) is 15.5. The number of hydrogen-bond acceptors (Lipinski definition) is 3. The van der Waals surface area contributed by atoms with Crippen molar-refractivity contribution in [1.82, 2.24) is 10.3 Å². The van der Waals surface area contributed by atoms with Gasteiger partial charge in [0.25, 0.3) is 0 Å². The highest BCUT2D eigenvalue weighted by molar-refractivity contribution is 6.30. The SMILES string of the molecule is CC(C)(Cc1c[nH]c2ccccc12)NCC(O)COc1cccc(Cl)c1.Cl. The van der Waals surface area contributed by atoms with Crippen LogP contribution >= 0.6 is 24.0 Å². The second kappa shape index (κ2) is 9.47. The number of β-amino-alcohol motifs (C(OH)–C–C–N with tert-alkyl or cyclic N) is 1. The van der Waals surface area contributed by atoms with E-state index in [0.717, 1.165) is 11.9 Å². The predicted molar refractivity (Wildman–Crippen MR) is 114 cm³/mol. The molecule has 1 atom stereocenters. The smallest absolute Gasteiger partial charge is 0.120 e. The lowest BCUT2D eigenvalue weighted by molar-refractivity contribution is 0.0989. The molecular weight excluding hydrogens is 383 g/mol. The largest absolute Gasteiger partial charge is 0.491 e. The first kappa shape index (κ1) is 21.6. The summed E-state index contributed by atoms with van der Waals surface area (Å²) < 4.78 is 5.60. The van der Waals surface area contributed by atoms with Gasteiger partial charge in [-0.25, -0.2) is 0 Å². The fraction of sp³-hybridized carbons (Fsp3) is 0.333. The molecule has 0 amide bonds. The third kappa shape index (κ3) is 6.15.